The van der Waals surface area contributed by atoms with Crippen molar-refractivity contribution in [3.05, 3.63) is 36.0 Å². The Kier molecular flexibility index (Phi) is 3.81. The Bertz CT molecular complexity index is 650. The quantitative estimate of drug-likeness (QED) is 0.662. The first-order valence-corrected chi connectivity index (χ1v) is 6.86. The van der Waals surface area contributed by atoms with Crippen molar-refractivity contribution >= 4 is 5.96 Å². The number of hydrogen-bond donors (Lipinski definition) is 2. The molecule has 0 amide bonds. The van der Waals surface area contributed by atoms with E-state index in [1.165, 1.54) is 18.6 Å². The molecular weight excluding hydrogens is 273 g/mol. The van der Waals surface area contributed by atoms with E-state index in [2.05, 4.69) is 20.4 Å². The summed E-state index contributed by atoms with van der Waals surface area (Å²) in [4.78, 5) is 8.33. The largest absolute Gasteiger partial charge is 0.370 e. The minimum absolute atomic E-state index is 0.202. The number of hydrogen-bond acceptors (Lipinski definition) is 4. The molecule has 1 aromatic heterocycles. The Morgan fingerprint density at radius 1 is 1.48 bits per heavy atom. The van der Waals surface area contributed by atoms with E-state index in [1.54, 1.807) is 12.1 Å². The zero-order valence-corrected chi connectivity index (χ0v) is 11.4. The summed E-state index contributed by atoms with van der Waals surface area (Å²) in [6, 6.07) is 6.46. The van der Waals surface area contributed by atoms with Crippen molar-refractivity contribution in [1.29, 1.82) is 0 Å². The smallest absolute Gasteiger partial charge is 0.248 e. The summed E-state index contributed by atoms with van der Waals surface area (Å²) in [5, 5.41) is 6.93. The molecule has 6 nitrogen and oxygen atoms in total. The lowest BCUT2D eigenvalue weighted by Gasteiger charge is -2.26. The van der Waals surface area contributed by atoms with E-state index < -0.39 is 0 Å². The Morgan fingerprint density at radius 3 is 3.05 bits per heavy atom. The molecular formula is C14H16FN5O. The standard InChI is InChI=1S/C14H16FN5O/c15-10-4-1-3-9(7-10)13-19-12(21-20-13)8-17-14(16)18-11-5-2-6-11/h1,3-4,7,11H,2,5-6,8H2,(H3,16,17,18). The van der Waals surface area contributed by atoms with Gasteiger partial charge >= 0.3 is 0 Å². The van der Waals surface area contributed by atoms with Gasteiger partial charge in [0, 0.05) is 11.6 Å². The molecule has 0 spiro atoms. The first-order valence-electron chi connectivity index (χ1n) is 6.86. The van der Waals surface area contributed by atoms with Gasteiger partial charge < -0.3 is 15.6 Å². The third kappa shape index (κ3) is 3.36. The summed E-state index contributed by atoms with van der Waals surface area (Å²) < 4.78 is 18.2. The molecule has 1 heterocycles. The minimum Gasteiger partial charge on any atom is -0.370 e. The molecule has 0 unspecified atom stereocenters. The van der Waals surface area contributed by atoms with E-state index in [-0.39, 0.29) is 12.4 Å². The lowest BCUT2D eigenvalue weighted by atomic mass is 9.93. The van der Waals surface area contributed by atoms with Crippen LogP contribution in [0.15, 0.2) is 33.8 Å². The molecule has 110 valence electrons. The molecule has 1 fully saturated rings. The van der Waals surface area contributed by atoms with Gasteiger partial charge in [-0.2, -0.15) is 4.98 Å². The van der Waals surface area contributed by atoms with E-state index in [4.69, 9.17) is 10.3 Å². The molecule has 1 aromatic carbocycles. The van der Waals surface area contributed by atoms with Crippen LogP contribution in [0.1, 0.15) is 25.2 Å². The van der Waals surface area contributed by atoms with Crippen LogP contribution in [0.3, 0.4) is 0 Å². The lowest BCUT2D eigenvalue weighted by Crippen LogP contribution is -2.43. The Balaban J connectivity index is 1.63. The zero-order chi connectivity index (χ0) is 14.7. The molecule has 0 atom stereocenters. The third-order valence-corrected chi connectivity index (χ3v) is 3.39. The number of nitrogens with zero attached hydrogens (tertiary/aromatic N) is 3. The van der Waals surface area contributed by atoms with Crippen molar-refractivity contribution < 1.29 is 8.91 Å². The highest BCUT2D eigenvalue weighted by atomic mass is 19.1. The molecule has 0 saturated heterocycles. The highest BCUT2D eigenvalue weighted by Gasteiger charge is 2.17. The lowest BCUT2D eigenvalue weighted by molar-refractivity contribution is 0.375. The molecule has 1 aliphatic carbocycles. The number of rotatable bonds is 4. The number of guanidine groups is 1. The SMILES string of the molecule is NC(=NCc1nc(-c2cccc(F)c2)no1)NC1CCC1. The highest BCUT2D eigenvalue weighted by molar-refractivity contribution is 5.78. The van der Waals surface area contributed by atoms with Crippen LogP contribution in [0.5, 0.6) is 0 Å². The van der Waals surface area contributed by atoms with Crippen LogP contribution < -0.4 is 11.1 Å². The van der Waals surface area contributed by atoms with Crippen LogP contribution >= 0.6 is 0 Å². The van der Waals surface area contributed by atoms with E-state index in [1.807, 2.05) is 0 Å². The van der Waals surface area contributed by atoms with Gasteiger partial charge in [-0.25, -0.2) is 9.38 Å². The van der Waals surface area contributed by atoms with Crippen molar-refractivity contribution in [2.75, 3.05) is 0 Å². The average Bonchev–Trinajstić information content (AvgIpc) is 2.90. The first-order chi connectivity index (χ1) is 10.2. The van der Waals surface area contributed by atoms with E-state index >= 15 is 0 Å². The molecule has 1 aliphatic rings. The fourth-order valence-corrected chi connectivity index (χ4v) is 2.02. The molecule has 3 N–H and O–H groups in total. The van der Waals surface area contributed by atoms with Crippen LogP contribution in [0.25, 0.3) is 11.4 Å². The van der Waals surface area contributed by atoms with E-state index in [9.17, 15) is 4.39 Å². The second-order valence-corrected chi connectivity index (χ2v) is 5.00. The zero-order valence-electron chi connectivity index (χ0n) is 11.4. The monoisotopic (exact) mass is 289 g/mol. The van der Waals surface area contributed by atoms with Crippen LogP contribution in [-0.4, -0.2) is 22.1 Å². The topological polar surface area (TPSA) is 89.3 Å². The van der Waals surface area contributed by atoms with E-state index in [0.29, 0.717) is 29.3 Å². The van der Waals surface area contributed by atoms with Crippen LogP contribution in [0.4, 0.5) is 4.39 Å². The summed E-state index contributed by atoms with van der Waals surface area (Å²) in [5.41, 5.74) is 6.33. The molecule has 0 bridgehead atoms. The van der Waals surface area contributed by atoms with Gasteiger partial charge in [-0.1, -0.05) is 17.3 Å². The molecule has 3 rings (SSSR count). The predicted molar refractivity (Wildman–Crippen MR) is 75.8 cm³/mol. The van der Waals surface area contributed by atoms with Gasteiger partial charge in [-0.05, 0) is 31.4 Å². The summed E-state index contributed by atoms with van der Waals surface area (Å²) in [6.07, 6.45) is 3.48. The number of nitrogens with one attached hydrogen (secondary N) is 1. The maximum Gasteiger partial charge on any atom is 0.248 e. The maximum absolute atomic E-state index is 13.1. The fourth-order valence-electron chi connectivity index (χ4n) is 2.02. The number of benzene rings is 1. The Labute approximate surface area is 121 Å². The van der Waals surface area contributed by atoms with Crippen molar-refractivity contribution in [2.45, 2.75) is 31.8 Å². The van der Waals surface area contributed by atoms with Gasteiger partial charge in [0.2, 0.25) is 11.7 Å². The third-order valence-electron chi connectivity index (χ3n) is 3.39. The van der Waals surface area contributed by atoms with Crippen molar-refractivity contribution in [3.63, 3.8) is 0 Å². The Hall–Kier alpha value is -2.44. The minimum atomic E-state index is -0.342. The average molecular weight is 289 g/mol. The molecule has 0 aliphatic heterocycles. The Morgan fingerprint density at radius 2 is 2.33 bits per heavy atom. The maximum atomic E-state index is 13.1. The number of nitrogens with two attached hydrogens (primary N) is 1. The summed E-state index contributed by atoms with van der Waals surface area (Å²) in [5.74, 6) is 0.717. The molecule has 0 radical (unpaired) electrons. The van der Waals surface area contributed by atoms with Gasteiger partial charge in [0.15, 0.2) is 5.96 Å². The number of halogens is 1. The van der Waals surface area contributed by atoms with Gasteiger partial charge in [0.25, 0.3) is 0 Å². The number of aromatic nitrogens is 2. The van der Waals surface area contributed by atoms with Crippen LogP contribution in [0.2, 0.25) is 0 Å². The molecule has 2 aromatic rings. The summed E-state index contributed by atoms with van der Waals surface area (Å²) in [6.45, 7) is 0.202. The van der Waals surface area contributed by atoms with Crippen LogP contribution in [-0.2, 0) is 6.54 Å². The van der Waals surface area contributed by atoms with Gasteiger partial charge in [0.1, 0.15) is 12.4 Å². The predicted octanol–water partition coefficient (Wildman–Crippen LogP) is 1.83. The highest BCUT2D eigenvalue weighted by Crippen LogP contribution is 2.18. The second kappa shape index (κ2) is 5.90. The number of aliphatic imine (C=N–C) groups is 1. The molecule has 7 heteroatoms. The summed E-state index contributed by atoms with van der Waals surface area (Å²) >= 11 is 0. The molecule has 1 saturated carbocycles. The summed E-state index contributed by atoms with van der Waals surface area (Å²) in [7, 11) is 0. The van der Waals surface area contributed by atoms with Gasteiger partial charge in [0.05, 0.1) is 0 Å². The fraction of sp³-hybridized carbons (Fsp3) is 0.357. The normalized spacial score (nSPS) is 15.8. The van der Waals surface area contributed by atoms with Crippen molar-refractivity contribution in [3.8, 4) is 11.4 Å². The van der Waals surface area contributed by atoms with Gasteiger partial charge in [-0.15, -0.1) is 0 Å². The first kappa shape index (κ1) is 13.5. The van der Waals surface area contributed by atoms with Gasteiger partial charge in [-0.3, -0.25) is 0 Å². The molecule has 21 heavy (non-hydrogen) atoms. The van der Waals surface area contributed by atoms with Crippen molar-refractivity contribution in [1.82, 2.24) is 15.5 Å². The van der Waals surface area contributed by atoms with Crippen molar-refractivity contribution in [2.24, 2.45) is 10.7 Å². The van der Waals surface area contributed by atoms with E-state index in [0.717, 1.165) is 12.8 Å². The van der Waals surface area contributed by atoms with Crippen LogP contribution in [0, 0.1) is 5.82 Å². The second-order valence-electron chi connectivity index (χ2n) is 5.00.